The number of aromatic amines is 1. The van der Waals surface area contributed by atoms with E-state index in [0.29, 0.717) is 6.07 Å². The summed E-state index contributed by atoms with van der Waals surface area (Å²) in [7, 11) is 0. The molecule has 3 aromatic rings. The topological polar surface area (TPSA) is 73.7 Å². The van der Waals surface area contributed by atoms with Gasteiger partial charge in [-0.25, -0.2) is 8.78 Å². The predicted octanol–water partition coefficient (Wildman–Crippen LogP) is 4.53. The first kappa shape index (κ1) is 18.1. The average molecular weight is 378 g/mol. The van der Waals surface area contributed by atoms with Crippen molar-refractivity contribution in [3.8, 4) is 6.07 Å². The Balaban J connectivity index is 1.69. The number of carbonyl (C=O) groups excluding carboxylic acids is 2. The number of nitrogens with zero attached hydrogens (tertiary/aromatic N) is 1. The van der Waals surface area contributed by atoms with Crippen LogP contribution in [-0.4, -0.2) is 16.6 Å². The molecule has 0 aliphatic heterocycles. The Morgan fingerprint density at radius 2 is 1.64 bits per heavy atom. The number of ketones is 2. The number of nitriles is 1. The number of rotatable bonds is 4. The number of hydrogen-bond acceptors (Lipinski definition) is 3. The van der Waals surface area contributed by atoms with E-state index >= 15 is 0 Å². The molecule has 4 nitrogen and oxygen atoms in total. The molecule has 0 saturated heterocycles. The lowest BCUT2D eigenvalue weighted by molar-refractivity contribution is 0.0845. The zero-order valence-corrected chi connectivity index (χ0v) is 14.9. The van der Waals surface area contributed by atoms with Crippen LogP contribution in [-0.2, 0) is 12.8 Å². The minimum Gasteiger partial charge on any atom is -0.358 e. The van der Waals surface area contributed by atoms with Gasteiger partial charge in [0.2, 0.25) is 0 Å². The number of aryl methyl sites for hydroxylation is 2. The van der Waals surface area contributed by atoms with E-state index in [0.717, 1.165) is 48.7 Å². The minimum absolute atomic E-state index is 0.209. The molecule has 1 aromatic heterocycles. The van der Waals surface area contributed by atoms with Crippen LogP contribution in [0.25, 0.3) is 10.9 Å². The van der Waals surface area contributed by atoms with Gasteiger partial charge >= 0.3 is 0 Å². The molecule has 0 amide bonds. The summed E-state index contributed by atoms with van der Waals surface area (Å²) in [5.41, 5.74) is 3.31. The van der Waals surface area contributed by atoms with Gasteiger partial charge in [0.1, 0.15) is 0 Å². The van der Waals surface area contributed by atoms with Crippen LogP contribution in [0.3, 0.4) is 0 Å². The molecule has 0 unspecified atom stereocenters. The number of nitrogens with one attached hydrogen (secondary N) is 1. The molecular formula is C22H16F2N2O2. The predicted molar refractivity (Wildman–Crippen MR) is 99.1 cm³/mol. The van der Waals surface area contributed by atoms with E-state index < -0.39 is 29.1 Å². The highest BCUT2D eigenvalue weighted by Gasteiger charge is 2.29. The first-order valence-electron chi connectivity index (χ1n) is 9.06. The number of H-pyrrole nitrogens is 1. The number of carbonyl (C=O) groups is 2. The summed E-state index contributed by atoms with van der Waals surface area (Å²) in [6.07, 6.45) is 4.07. The molecule has 0 radical (unpaired) electrons. The van der Waals surface area contributed by atoms with Crippen molar-refractivity contribution in [1.29, 1.82) is 5.26 Å². The van der Waals surface area contributed by atoms with Crippen molar-refractivity contribution in [2.75, 3.05) is 0 Å². The zero-order chi connectivity index (χ0) is 19.8. The van der Waals surface area contributed by atoms with Gasteiger partial charge in [0.25, 0.3) is 0 Å². The van der Waals surface area contributed by atoms with E-state index in [2.05, 4.69) is 4.98 Å². The van der Waals surface area contributed by atoms with Crippen LogP contribution in [0.5, 0.6) is 0 Å². The van der Waals surface area contributed by atoms with Crippen LogP contribution in [0.15, 0.2) is 36.4 Å². The van der Waals surface area contributed by atoms with Gasteiger partial charge in [0.05, 0.1) is 6.07 Å². The van der Waals surface area contributed by atoms with Crippen molar-refractivity contribution < 1.29 is 18.4 Å². The summed E-state index contributed by atoms with van der Waals surface area (Å²) in [6.45, 7) is 0. The highest BCUT2D eigenvalue weighted by molar-refractivity contribution is 6.18. The lowest BCUT2D eigenvalue weighted by Crippen LogP contribution is -2.23. The van der Waals surface area contributed by atoms with Crippen molar-refractivity contribution in [2.45, 2.75) is 25.7 Å². The van der Waals surface area contributed by atoms with E-state index in [1.165, 1.54) is 11.3 Å². The van der Waals surface area contributed by atoms with E-state index in [1.54, 1.807) is 24.3 Å². The second kappa shape index (κ2) is 7.01. The molecule has 0 saturated carbocycles. The second-order valence-corrected chi connectivity index (χ2v) is 6.97. The molecule has 0 fully saturated rings. The second-order valence-electron chi connectivity index (χ2n) is 6.97. The van der Waals surface area contributed by atoms with Crippen molar-refractivity contribution in [2.24, 2.45) is 5.92 Å². The standard InChI is InChI=1S/C22H16F2N2O2/c23-17-7-5-13(10-18(17)24)22(28)16(11-25)21(27)12-6-8-20-15(9-12)14-3-1-2-4-19(14)26-20/h5-10,16,26H,1-4H2/t16-/m1/s1. The van der Waals surface area contributed by atoms with Crippen molar-refractivity contribution in [3.63, 3.8) is 0 Å². The summed E-state index contributed by atoms with van der Waals surface area (Å²) >= 11 is 0. The smallest absolute Gasteiger partial charge is 0.188 e. The molecule has 2 aromatic carbocycles. The fourth-order valence-electron chi connectivity index (χ4n) is 3.78. The Morgan fingerprint density at radius 3 is 2.36 bits per heavy atom. The van der Waals surface area contributed by atoms with Crippen LogP contribution in [0.4, 0.5) is 8.78 Å². The maximum atomic E-state index is 13.4. The van der Waals surface area contributed by atoms with Gasteiger partial charge in [-0.15, -0.1) is 0 Å². The molecule has 140 valence electrons. The van der Waals surface area contributed by atoms with E-state index in [-0.39, 0.29) is 11.1 Å². The van der Waals surface area contributed by atoms with Gasteiger partial charge in [-0.2, -0.15) is 5.26 Å². The van der Waals surface area contributed by atoms with E-state index in [1.807, 2.05) is 0 Å². The Labute approximate surface area is 159 Å². The summed E-state index contributed by atoms with van der Waals surface area (Å²) in [5.74, 6) is -5.40. The molecule has 1 aliphatic rings. The zero-order valence-electron chi connectivity index (χ0n) is 14.9. The van der Waals surface area contributed by atoms with E-state index in [9.17, 15) is 23.6 Å². The van der Waals surface area contributed by atoms with Crippen LogP contribution >= 0.6 is 0 Å². The van der Waals surface area contributed by atoms with Crippen LogP contribution in [0.2, 0.25) is 0 Å². The fourth-order valence-corrected chi connectivity index (χ4v) is 3.78. The van der Waals surface area contributed by atoms with Crippen LogP contribution in [0, 0.1) is 28.9 Å². The summed E-state index contributed by atoms with van der Waals surface area (Å²) < 4.78 is 26.5. The van der Waals surface area contributed by atoms with Crippen molar-refractivity contribution in [1.82, 2.24) is 4.98 Å². The van der Waals surface area contributed by atoms with Crippen LogP contribution in [0.1, 0.15) is 44.8 Å². The number of benzene rings is 2. The molecule has 0 bridgehead atoms. The summed E-state index contributed by atoms with van der Waals surface area (Å²) in [4.78, 5) is 28.8. The molecule has 1 heterocycles. The molecular weight excluding hydrogens is 362 g/mol. The highest BCUT2D eigenvalue weighted by atomic mass is 19.2. The monoisotopic (exact) mass is 378 g/mol. The third-order valence-corrected chi connectivity index (χ3v) is 5.24. The average Bonchev–Trinajstić information content (AvgIpc) is 3.08. The summed E-state index contributed by atoms with van der Waals surface area (Å²) in [5, 5.41) is 10.3. The molecule has 4 rings (SSSR count). The third kappa shape index (κ3) is 2.99. The quantitative estimate of drug-likeness (QED) is 0.535. The number of aromatic nitrogens is 1. The minimum atomic E-state index is -1.61. The Morgan fingerprint density at radius 1 is 0.964 bits per heavy atom. The number of hydrogen-bond donors (Lipinski definition) is 1. The molecule has 6 heteroatoms. The van der Waals surface area contributed by atoms with Gasteiger partial charge in [0, 0.05) is 27.7 Å². The van der Waals surface area contributed by atoms with Gasteiger partial charge in [-0.3, -0.25) is 9.59 Å². The largest absolute Gasteiger partial charge is 0.358 e. The first-order valence-corrected chi connectivity index (χ1v) is 9.06. The van der Waals surface area contributed by atoms with Gasteiger partial charge < -0.3 is 4.98 Å². The molecule has 1 N–H and O–H groups in total. The highest BCUT2D eigenvalue weighted by Crippen LogP contribution is 2.30. The SMILES string of the molecule is N#C[C@@H](C(=O)c1ccc(F)c(F)c1)C(=O)c1ccc2[nH]c3c(c2c1)CCCC3. The Bertz CT molecular complexity index is 1160. The van der Waals surface area contributed by atoms with Gasteiger partial charge in [-0.05, 0) is 67.6 Å². The summed E-state index contributed by atoms with van der Waals surface area (Å²) in [6, 6.07) is 9.37. The number of Topliss-reactive ketones (excluding diaryl/α,β-unsaturated/α-hetero) is 2. The fraction of sp³-hybridized carbons (Fsp3) is 0.227. The van der Waals surface area contributed by atoms with Crippen molar-refractivity contribution in [3.05, 3.63) is 70.4 Å². The molecule has 28 heavy (non-hydrogen) atoms. The number of fused-ring (bicyclic) bond motifs is 3. The van der Waals surface area contributed by atoms with Gasteiger partial charge in [-0.1, -0.05) is 0 Å². The lowest BCUT2D eigenvalue weighted by Gasteiger charge is -2.11. The number of halogens is 2. The third-order valence-electron chi connectivity index (χ3n) is 5.24. The van der Waals surface area contributed by atoms with Crippen LogP contribution < -0.4 is 0 Å². The maximum Gasteiger partial charge on any atom is 0.188 e. The van der Waals surface area contributed by atoms with E-state index in [4.69, 9.17) is 0 Å². The van der Waals surface area contributed by atoms with Gasteiger partial charge in [0.15, 0.2) is 29.1 Å². The maximum absolute atomic E-state index is 13.4. The lowest BCUT2D eigenvalue weighted by atomic mass is 9.89. The molecule has 1 aliphatic carbocycles. The van der Waals surface area contributed by atoms with Crippen molar-refractivity contribution >= 4 is 22.5 Å². The Kier molecular flexibility index (Phi) is 4.52. The Hall–Kier alpha value is -3.33. The molecule has 0 spiro atoms. The normalized spacial score (nSPS) is 14.3. The first-order chi connectivity index (χ1) is 13.5. The molecule has 1 atom stereocenters.